The summed E-state index contributed by atoms with van der Waals surface area (Å²) in [5.74, 6) is -2.95. The number of halogens is 2. The highest BCUT2D eigenvalue weighted by molar-refractivity contribution is 8.13. The van der Waals surface area contributed by atoms with E-state index in [1.165, 1.54) is 54.6 Å². The maximum atomic E-state index is 17.5. The Morgan fingerprint density at radius 1 is 1.06 bits per heavy atom. The van der Waals surface area contributed by atoms with Crippen molar-refractivity contribution in [3.8, 4) is 17.2 Å². The average Bonchev–Trinajstić information content (AvgIpc) is 3.30. The summed E-state index contributed by atoms with van der Waals surface area (Å²) in [6.45, 7) is 3.42. The topological polar surface area (TPSA) is 153 Å². The summed E-state index contributed by atoms with van der Waals surface area (Å²) >= 11 is 0.388. The molecule has 6 rings (SSSR count). The molecule has 0 heterocycles. The number of nitrogens with two attached hydrogens (primary N) is 1. The number of esters is 1. The highest BCUT2D eigenvalue weighted by Crippen LogP contribution is 2.70. The smallest absolute Gasteiger partial charge is 0.339 e. The molecular formula is C35H35F2NO8S. The fourth-order valence-corrected chi connectivity index (χ4v) is 9.41. The number of amides is 1. The van der Waals surface area contributed by atoms with Gasteiger partial charge in [0.25, 0.3) is 5.91 Å². The third-order valence-electron chi connectivity index (χ3n) is 11.1. The van der Waals surface area contributed by atoms with Crippen molar-refractivity contribution < 1.29 is 47.6 Å². The predicted octanol–water partition coefficient (Wildman–Crippen LogP) is 5.74. The number of rotatable bonds is 7. The fraction of sp³-hybridized carbons (Fsp3) is 0.429. The van der Waals surface area contributed by atoms with Crippen LogP contribution in [0.15, 0.2) is 66.3 Å². The van der Waals surface area contributed by atoms with Crippen molar-refractivity contribution in [3.05, 3.63) is 77.4 Å². The molecule has 0 aromatic heterocycles. The Morgan fingerprint density at radius 2 is 1.77 bits per heavy atom. The van der Waals surface area contributed by atoms with Crippen LogP contribution >= 0.6 is 11.8 Å². The molecule has 4 aliphatic rings. The number of aromatic hydroxyl groups is 1. The number of phenols is 1. The van der Waals surface area contributed by atoms with Crippen molar-refractivity contribution in [2.24, 2.45) is 28.4 Å². The number of ether oxygens (including phenoxy) is 2. The number of carbonyl (C=O) groups excluding carboxylic acids is 4. The summed E-state index contributed by atoms with van der Waals surface area (Å²) in [6.07, 6.45) is 3.66. The van der Waals surface area contributed by atoms with Crippen molar-refractivity contribution >= 4 is 34.5 Å². The van der Waals surface area contributed by atoms with Gasteiger partial charge in [-0.05, 0) is 105 Å². The molecule has 3 saturated carbocycles. The Hall–Kier alpha value is -4.03. The van der Waals surface area contributed by atoms with Gasteiger partial charge in [-0.2, -0.15) is 0 Å². The van der Waals surface area contributed by atoms with Crippen LogP contribution in [0.5, 0.6) is 17.2 Å². The highest BCUT2D eigenvalue weighted by atomic mass is 32.2. The number of aliphatic hydroxyl groups excluding tert-OH is 1. The molecule has 2 aromatic carbocycles. The number of aliphatic hydroxyl groups is 1. The van der Waals surface area contributed by atoms with Crippen LogP contribution in [-0.4, -0.2) is 56.4 Å². The summed E-state index contributed by atoms with van der Waals surface area (Å²) in [5.41, 5.74) is -0.573. The van der Waals surface area contributed by atoms with E-state index >= 15 is 4.39 Å². The van der Waals surface area contributed by atoms with Gasteiger partial charge in [-0.1, -0.05) is 18.6 Å². The van der Waals surface area contributed by atoms with Crippen molar-refractivity contribution in [1.29, 1.82) is 0 Å². The third kappa shape index (κ3) is 4.90. The number of benzene rings is 2. The van der Waals surface area contributed by atoms with E-state index < -0.39 is 63.0 Å². The second kappa shape index (κ2) is 11.6. The molecule has 0 aliphatic heterocycles. The van der Waals surface area contributed by atoms with E-state index in [0.29, 0.717) is 36.6 Å². The lowest BCUT2D eigenvalue weighted by Gasteiger charge is -2.62. The van der Waals surface area contributed by atoms with Gasteiger partial charge in [-0.3, -0.25) is 14.4 Å². The second-order valence-corrected chi connectivity index (χ2v) is 14.1. The van der Waals surface area contributed by atoms with E-state index in [9.17, 15) is 33.8 Å². The van der Waals surface area contributed by atoms with Gasteiger partial charge in [0.2, 0.25) is 5.12 Å². The number of fused-ring (bicyclic) bond motifs is 5. The van der Waals surface area contributed by atoms with Crippen LogP contribution in [0.1, 0.15) is 66.7 Å². The van der Waals surface area contributed by atoms with E-state index in [1.807, 2.05) is 0 Å². The van der Waals surface area contributed by atoms with Crippen molar-refractivity contribution in [1.82, 2.24) is 0 Å². The monoisotopic (exact) mass is 667 g/mol. The zero-order valence-electron chi connectivity index (χ0n) is 25.8. The Balaban J connectivity index is 1.28. The Labute approximate surface area is 274 Å². The number of ketones is 1. The number of primary amides is 1. The second-order valence-electron chi connectivity index (χ2n) is 13.2. The summed E-state index contributed by atoms with van der Waals surface area (Å²) in [7, 11) is 0. The van der Waals surface area contributed by atoms with E-state index in [2.05, 4.69) is 0 Å². The minimum Gasteiger partial charge on any atom is -0.507 e. The van der Waals surface area contributed by atoms with E-state index in [1.54, 1.807) is 19.9 Å². The van der Waals surface area contributed by atoms with Gasteiger partial charge in [-0.15, -0.1) is 0 Å². The van der Waals surface area contributed by atoms with Crippen LogP contribution in [0, 0.1) is 22.7 Å². The van der Waals surface area contributed by atoms with Crippen LogP contribution in [0.4, 0.5) is 8.78 Å². The van der Waals surface area contributed by atoms with Gasteiger partial charge in [0.1, 0.15) is 23.3 Å². The number of hydrogen-bond acceptors (Lipinski definition) is 9. The first-order chi connectivity index (χ1) is 22.2. The zero-order valence-corrected chi connectivity index (χ0v) is 26.7. The summed E-state index contributed by atoms with van der Waals surface area (Å²) < 4.78 is 43.0. The fourth-order valence-electron chi connectivity index (χ4n) is 8.70. The molecule has 0 saturated heterocycles. The van der Waals surface area contributed by atoms with Crippen molar-refractivity contribution in [3.63, 3.8) is 0 Å². The molecule has 7 atom stereocenters. The van der Waals surface area contributed by atoms with Gasteiger partial charge in [0.15, 0.2) is 17.1 Å². The summed E-state index contributed by atoms with van der Waals surface area (Å²) in [6, 6.07) is 8.69. The van der Waals surface area contributed by atoms with Crippen molar-refractivity contribution in [2.75, 3.05) is 6.01 Å². The minimum absolute atomic E-state index is 0.0325. The van der Waals surface area contributed by atoms with E-state index in [4.69, 9.17) is 15.2 Å². The van der Waals surface area contributed by atoms with Crippen molar-refractivity contribution in [2.45, 2.75) is 63.3 Å². The number of thioether (sulfide) groups is 1. The number of carbonyl (C=O) groups is 4. The molecule has 248 valence electrons. The van der Waals surface area contributed by atoms with Crippen LogP contribution in [0.3, 0.4) is 0 Å². The molecule has 0 spiro atoms. The van der Waals surface area contributed by atoms with Crippen LogP contribution < -0.4 is 10.5 Å². The lowest BCUT2D eigenvalue weighted by molar-refractivity contribution is -0.214. The maximum absolute atomic E-state index is 17.5. The average molecular weight is 668 g/mol. The molecule has 0 radical (unpaired) electrons. The Bertz CT molecular complexity index is 1730. The first kappa shape index (κ1) is 32.9. The van der Waals surface area contributed by atoms with E-state index in [0.717, 1.165) is 0 Å². The molecule has 0 bridgehead atoms. The molecule has 4 N–H and O–H groups in total. The standard InChI is InChI=1S/C35H35F2NO8S/c1-32-13-11-21(39)15-20(32)5-10-26-25-12-14-34(31(44)47-18-36,33(25,2)17-28(41)35(26,32)37)46-30(43)19-3-6-22(7-4-19)45-23-8-9-24(29(38)42)27(40)16-23/h3-4,6-9,11,13,15-16,25-26,28,40-41H,5,10,12,14,17-18H2,1-2H3,(H2,38,42)/t25-,26-,28-,32-,33-,34-,35-/m0/s1. The lowest BCUT2D eigenvalue weighted by atomic mass is 9.45. The third-order valence-corrected chi connectivity index (χ3v) is 11.8. The minimum atomic E-state index is -2.14. The number of alkyl halides is 2. The normalized spacial score (nSPS) is 34.0. The number of allylic oxidation sites excluding steroid dienone is 4. The molecular weight excluding hydrogens is 632 g/mol. The van der Waals surface area contributed by atoms with Gasteiger partial charge < -0.3 is 25.4 Å². The Kier molecular flexibility index (Phi) is 8.11. The SMILES string of the molecule is C[C@]12C=CC(=O)C=C1CC[C@H]1[C@@H]3CC[C@](OC(=O)c4ccc(Oc5ccc(C(N)=O)c(O)c5)cc4)(C(=O)SCF)[C@@]3(C)C[C@H](O)[C@@]12F. The molecule has 3 fully saturated rings. The molecule has 47 heavy (non-hydrogen) atoms. The molecule has 0 unspecified atom stereocenters. The first-order valence-electron chi connectivity index (χ1n) is 15.4. The van der Waals surface area contributed by atoms with Gasteiger partial charge >= 0.3 is 5.97 Å². The van der Waals surface area contributed by atoms with Crippen LogP contribution in [-0.2, 0) is 14.3 Å². The van der Waals surface area contributed by atoms with Crippen LogP contribution in [0.2, 0.25) is 0 Å². The highest BCUT2D eigenvalue weighted by Gasteiger charge is 2.75. The largest absolute Gasteiger partial charge is 0.507 e. The molecule has 1 amide bonds. The quantitative estimate of drug-likeness (QED) is 0.314. The predicted molar refractivity (Wildman–Crippen MR) is 168 cm³/mol. The molecule has 4 aliphatic carbocycles. The summed E-state index contributed by atoms with van der Waals surface area (Å²) in [4.78, 5) is 50.9. The van der Waals surface area contributed by atoms with Crippen LogP contribution in [0.25, 0.3) is 0 Å². The Morgan fingerprint density at radius 3 is 2.43 bits per heavy atom. The molecule has 9 nitrogen and oxygen atoms in total. The van der Waals surface area contributed by atoms with Gasteiger partial charge in [0.05, 0.1) is 17.2 Å². The lowest BCUT2D eigenvalue weighted by Crippen LogP contribution is -2.69. The maximum Gasteiger partial charge on any atom is 0.339 e. The number of hydrogen-bond donors (Lipinski definition) is 3. The molecule has 12 heteroatoms. The zero-order chi connectivity index (χ0) is 33.9. The first-order valence-corrected chi connectivity index (χ1v) is 16.4. The van der Waals surface area contributed by atoms with Gasteiger partial charge in [0, 0.05) is 22.8 Å². The van der Waals surface area contributed by atoms with E-state index in [-0.39, 0.29) is 47.0 Å². The van der Waals surface area contributed by atoms with Gasteiger partial charge in [-0.25, -0.2) is 13.6 Å². The molecule has 2 aromatic rings. The summed E-state index contributed by atoms with van der Waals surface area (Å²) in [5, 5.41) is 21.0.